The van der Waals surface area contributed by atoms with Gasteiger partial charge in [0.2, 0.25) is 5.91 Å². The van der Waals surface area contributed by atoms with E-state index >= 15 is 0 Å². The molecule has 1 saturated heterocycles. The Hall–Kier alpha value is -3.48. The highest BCUT2D eigenvalue weighted by atomic mass is 16.2. The SMILES string of the molecule is C=C(NC(C(=O)C[C@@H](CC1C=CC(C)=CC1)C(=C)NC(/C=C/C(C)=O)C[C@@H]1CCNC1=O)C(C)C)C(C=C(C)C)=NC. The third-order valence-electron chi connectivity index (χ3n) is 7.86. The zero-order valence-corrected chi connectivity index (χ0v) is 26.8. The lowest BCUT2D eigenvalue weighted by atomic mass is 9.82. The van der Waals surface area contributed by atoms with Gasteiger partial charge in [0.1, 0.15) is 0 Å². The van der Waals surface area contributed by atoms with E-state index in [9.17, 15) is 14.4 Å². The number of rotatable bonds is 17. The van der Waals surface area contributed by atoms with Gasteiger partial charge in [0.25, 0.3) is 0 Å². The summed E-state index contributed by atoms with van der Waals surface area (Å²) in [7, 11) is 1.72. The smallest absolute Gasteiger partial charge is 0.223 e. The minimum Gasteiger partial charge on any atom is -0.382 e. The summed E-state index contributed by atoms with van der Waals surface area (Å²) in [6, 6.07) is -0.683. The van der Waals surface area contributed by atoms with Crippen molar-refractivity contribution in [2.24, 2.45) is 28.7 Å². The number of Topliss-reactive ketones (excluding diaryl/α,β-unsaturated/α-hetero) is 1. The average Bonchev–Trinajstić information content (AvgIpc) is 3.32. The van der Waals surface area contributed by atoms with E-state index in [-0.39, 0.29) is 47.2 Å². The first-order chi connectivity index (χ1) is 19.8. The summed E-state index contributed by atoms with van der Waals surface area (Å²) in [5.74, 6) is 0.124. The lowest BCUT2D eigenvalue weighted by molar-refractivity contribution is -0.123. The minimum atomic E-state index is -0.435. The van der Waals surface area contributed by atoms with Gasteiger partial charge in [-0.15, -0.1) is 0 Å². The standard InChI is InChI=1S/C35H52N4O3/c1-22(2)18-32(36-9)27(8)39-34(23(3)4)33(41)21-30(19-28-13-10-24(5)11-14-28)26(7)38-31(15-12-25(6)40)20-29-16-17-37-35(29)42/h10-13,15,18,23,28-31,34,38-39H,7-8,14,16-17,19-21H2,1-6,9H3,(H,37,42)/b15-12+,36-32?/t28?,29-,30+,31?,34?/m0/s1. The van der Waals surface area contributed by atoms with Gasteiger partial charge in [-0.1, -0.05) is 62.5 Å². The summed E-state index contributed by atoms with van der Waals surface area (Å²) in [6.45, 7) is 20.9. The largest absolute Gasteiger partial charge is 0.382 e. The van der Waals surface area contributed by atoms with Crippen molar-refractivity contribution in [2.75, 3.05) is 13.6 Å². The molecule has 7 heteroatoms. The molecule has 1 heterocycles. The van der Waals surface area contributed by atoms with Crippen LogP contribution in [0.15, 0.2) is 77.1 Å². The van der Waals surface area contributed by atoms with Crippen LogP contribution in [0.4, 0.5) is 0 Å². The van der Waals surface area contributed by atoms with E-state index in [0.29, 0.717) is 25.1 Å². The van der Waals surface area contributed by atoms with Crippen LogP contribution < -0.4 is 16.0 Å². The van der Waals surface area contributed by atoms with Crippen molar-refractivity contribution in [2.45, 2.75) is 85.7 Å². The molecule has 5 atom stereocenters. The van der Waals surface area contributed by atoms with E-state index in [0.717, 1.165) is 36.2 Å². The molecule has 0 aromatic carbocycles. The molecular formula is C35H52N4O3. The minimum absolute atomic E-state index is 0.0354. The number of nitrogens with one attached hydrogen (secondary N) is 3. The third kappa shape index (κ3) is 11.4. The van der Waals surface area contributed by atoms with Crippen molar-refractivity contribution in [1.82, 2.24) is 16.0 Å². The molecule has 3 N–H and O–H groups in total. The van der Waals surface area contributed by atoms with Gasteiger partial charge in [0.15, 0.2) is 11.6 Å². The molecule has 0 aromatic rings. The zero-order valence-electron chi connectivity index (χ0n) is 26.8. The Morgan fingerprint density at radius 2 is 1.88 bits per heavy atom. The van der Waals surface area contributed by atoms with Crippen molar-refractivity contribution in [3.63, 3.8) is 0 Å². The molecule has 0 saturated carbocycles. The van der Waals surface area contributed by atoms with Crippen molar-refractivity contribution in [3.8, 4) is 0 Å². The Morgan fingerprint density at radius 3 is 2.40 bits per heavy atom. The Balaban J connectivity index is 2.28. The molecule has 0 spiro atoms. The first kappa shape index (κ1) is 34.7. The van der Waals surface area contributed by atoms with E-state index in [4.69, 9.17) is 0 Å². The van der Waals surface area contributed by atoms with Gasteiger partial charge in [-0.3, -0.25) is 19.4 Å². The van der Waals surface area contributed by atoms with Crippen LogP contribution in [-0.4, -0.2) is 48.9 Å². The lowest BCUT2D eigenvalue weighted by Gasteiger charge is -2.30. The summed E-state index contributed by atoms with van der Waals surface area (Å²) in [6.07, 6.45) is 15.2. The van der Waals surface area contributed by atoms with Crippen molar-refractivity contribution < 1.29 is 14.4 Å². The maximum atomic E-state index is 13.9. The van der Waals surface area contributed by atoms with Gasteiger partial charge in [0, 0.05) is 43.6 Å². The fourth-order valence-corrected chi connectivity index (χ4v) is 5.44. The Morgan fingerprint density at radius 1 is 1.17 bits per heavy atom. The fourth-order valence-electron chi connectivity index (χ4n) is 5.44. The zero-order chi connectivity index (χ0) is 31.4. The summed E-state index contributed by atoms with van der Waals surface area (Å²) in [5, 5.41) is 9.78. The van der Waals surface area contributed by atoms with E-state index in [1.54, 1.807) is 13.1 Å². The summed E-state index contributed by atoms with van der Waals surface area (Å²) >= 11 is 0. The number of hydrogen-bond acceptors (Lipinski definition) is 6. The van der Waals surface area contributed by atoms with Gasteiger partial charge in [-0.25, -0.2) is 0 Å². The Labute approximate surface area is 253 Å². The Kier molecular flexibility index (Phi) is 13.9. The number of allylic oxidation sites excluding steroid dienone is 8. The van der Waals surface area contributed by atoms with Gasteiger partial charge in [-0.2, -0.15) is 0 Å². The highest BCUT2D eigenvalue weighted by molar-refractivity contribution is 6.08. The molecule has 2 aliphatic rings. The second kappa shape index (κ2) is 16.8. The molecule has 1 amide bonds. The van der Waals surface area contributed by atoms with E-state index in [2.05, 4.69) is 59.3 Å². The number of ketones is 2. The third-order valence-corrected chi connectivity index (χ3v) is 7.86. The number of amides is 1. The predicted octanol–water partition coefficient (Wildman–Crippen LogP) is 5.78. The predicted molar refractivity (Wildman–Crippen MR) is 174 cm³/mol. The van der Waals surface area contributed by atoms with Crippen molar-refractivity contribution in [1.29, 1.82) is 0 Å². The van der Waals surface area contributed by atoms with Crippen molar-refractivity contribution >= 4 is 23.2 Å². The summed E-state index contributed by atoms with van der Waals surface area (Å²) in [4.78, 5) is 42.3. The van der Waals surface area contributed by atoms with Crippen LogP contribution in [-0.2, 0) is 14.4 Å². The molecule has 7 nitrogen and oxygen atoms in total. The molecular weight excluding hydrogens is 524 g/mol. The molecule has 0 aromatic heterocycles. The maximum Gasteiger partial charge on any atom is 0.223 e. The second-order valence-electron chi connectivity index (χ2n) is 12.3. The first-order valence-corrected chi connectivity index (χ1v) is 15.2. The molecule has 1 aliphatic carbocycles. The second-order valence-corrected chi connectivity index (χ2v) is 12.3. The van der Waals surface area contributed by atoms with Crippen LogP contribution in [0.1, 0.15) is 73.6 Å². The first-order valence-electron chi connectivity index (χ1n) is 15.2. The van der Waals surface area contributed by atoms with Crippen LogP contribution in [0.25, 0.3) is 0 Å². The molecule has 42 heavy (non-hydrogen) atoms. The van der Waals surface area contributed by atoms with Gasteiger partial charge < -0.3 is 16.0 Å². The Bertz CT molecular complexity index is 1170. The highest BCUT2D eigenvalue weighted by Crippen LogP contribution is 2.30. The highest BCUT2D eigenvalue weighted by Gasteiger charge is 2.31. The van der Waals surface area contributed by atoms with Gasteiger partial charge in [0.05, 0.1) is 17.5 Å². The number of carbonyl (C=O) groups excluding carboxylic acids is 3. The van der Waals surface area contributed by atoms with Gasteiger partial charge >= 0.3 is 0 Å². The van der Waals surface area contributed by atoms with Crippen LogP contribution in [0, 0.1) is 23.7 Å². The molecule has 230 valence electrons. The van der Waals surface area contributed by atoms with Crippen LogP contribution in [0.3, 0.4) is 0 Å². The molecule has 1 fully saturated rings. The van der Waals surface area contributed by atoms with E-state index in [1.807, 2.05) is 39.8 Å². The number of hydrogen-bond donors (Lipinski definition) is 3. The van der Waals surface area contributed by atoms with Crippen molar-refractivity contribution in [3.05, 3.63) is 72.2 Å². The summed E-state index contributed by atoms with van der Waals surface area (Å²) < 4.78 is 0. The van der Waals surface area contributed by atoms with Crippen LogP contribution >= 0.6 is 0 Å². The molecule has 0 radical (unpaired) electrons. The van der Waals surface area contributed by atoms with Crippen LogP contribution in [0.5, 0.6) is 0 Å². The number of aliphatic imine (C=N–C) groups is 1. The molecule has 2 rings (SSSR count). The average molecular weight is 577 g/mol. The molecule has 3 unspecified atom stereocenters. The molecule has 0 bridgehead atoms. The fraction of sp³-hybridized carbons (Fsp3) is 0.543. The van der Waals surface area contributed by atoms with Gasteiger partial charge in [-0.05, 0) is 77.4 Å². The number of nitrogens with zero attached hydrogens (tertiary/aromatic N) is 1. The van der Waals surface area contributed by atoms with E-state index < -0.39 is 6.04 Å². The van der Waals surface area contributed by atoms with E-state index in [1.165, 1.54) is 12.5 Å². The molecule has 1 aliphatic heterocycles. The lowest BCUT2D eigenvalue weighted by Crippen LogP contribution is -2.43. The monoisotopic (exact) mass is 576 g/mol. The normalized spacial score (nSPS) is 20.9. The summed E-state index contributed by atoms with van der Waals surface area (Å²) in [5.41, 5.74) is 4.44. The quantitative estimate of drug-likeness (QED) is 0.151. The topological polar surface area (TPSA) is 99.7 Å². The maximum absolute atomic E-state index is 13.9. The van der Waals surface area contributed by atoms with Crippen LogP contribution in [0.2, 0.25) is 0 Å². The number of carbonyl (C=O) groups is 3.